The lowest BCUT2D eigenvalue weighted by molar-refractivity contribution is 0.0864. The van der Waals surface area contributed by atoms with Crippen LogP contribution in [0.3, 0.4) is 0 Å². The third kappa shape index (κ3) is 3.55. The Morgan fingerprint density at radius 3 is 2.50 bits per heavy atom. The third-order valence-electron chi connectivity index (χ3n) is 5.25. The Hall–Kier alpha value is -3.35. The second kappa shape index (κ2) is 7.72. The van der Waals surface area contributed by atoms with Crippen molar-refractivity contribution in [2.45, 2.75) is 37.6 Å². The number of rotatable bonds is 4. The summed E-state index contributed by atoms with van der Waals surface area (Å²) in [5, 5.41) is 10.8. The van der Waals surface area contributed by atoms with Crippen molar-refractivity contribution in [3.8, 4) is 11.5 Å². The Morgan fingerprint density at radius 2 is 1.82 bits per heavy atom. The monoisotopic (exact) mass is 375 g/mol. The van der Waals surface area contributed by atoms with Gasteiger partial charge in [-0.3, -0.25) is 9.59 Å². The van der Waals surface area contributed by atoms with Crippen LogP contribution in [0.5, 0.6) is 0 Å². The predicted molar refractivity (Wildman–Crippen MR) is 105 cm³/mol. The largest absolute Gasteiger partial charge is 0.342 e. The van der Waals surface area contributed by atoms with Crippen LogP contribution in [-0.2, 0) is 5.54 Å². The van der Waals surface area contributed by atoms with Gasteiger partial charge < -0.3 is 10.3 Å². The molecule has 3 aromatic rings. The van der Waals surface area contributed by atoms with Gasteiger partial charge in [-0.1, -0.05) is 49.6 Å². The fourth-order valence-corrected chi connectivity index (χ4v) is 3.80. The number of aromatic nitrogens is 4. The lowest BCUT2D eigenvalue weighted by atomic mass is 9.76. The van der Waals surface area contributed by atoms with E-state index >= 15 is 0 Å². The Kier molecular flexibility index (Phi) is 4.97. The van der Waals surface area contributed by atoms with Crippen LogP contribution in [0.25, 0.3) is 11.5 Å². The van der Waals surface area contributed by atoms with Gasteiger partial charge in [0.2, 0.25) is 0 Å². The summed E-state index contributed by atoms with van der Waals surface area (Å²) in [4.78, 5) is 32.3. The summed E-state index contributed by atoms with van der Waals surface area (Å²) < 4.78 is 0. The summed E-state index contributed by atoms with van der Waals surface area (Å²) in [6.07, 6.45) is 7.78. The van der Waals surface area contributed by atoms with Gasteiger partial charge in [-0.25, -0.2) is 4.98 Å². The van der Waals surface area contributed by atoms with Crippen LogP contribution in [0.2, 0.25) is 0 Å². The first-order chi connectivity index (χ1) is 13.7. The molecule has 142 valence electrons. The van der Waals surface area contributed by atoms with E-state index in [1.807, 2.05) is 30.3 Å². The van der Waals surface area contributed by atoms with Gasteiger partial charge in [0.1, 0.15) is 11.3 Å². The van der Waals surface area contributed by atoms with Crippen LogP contribution >= 0.6 is 0 Å². The molecule has 7 heteroatoms. The number of nitrogens with one attached hydrogen (secondary N) is 2. The molecule has 0 radical (unpaired) electrons. The van der Waals surface area contributed by atoms with Crippen molar-refractivity contribution in [1.29, 1.82) is 0 Å². The maximum absolute atomic E-state index is 13.0. The molecule has 0 saturated heterocycles. The zero-order valence-electron chi connectivity index (χ0n) is 15.4. The lowest BCUT2D eigenvalue weighted by Gasteiger charge is -2.38. The molecule has 2 heterocycles. The number of hydrogen-bond donors (Lipinski definition) is 2. The highest BCUT2D eigenvalue weighted by atomic mass is 16.2. The van der Waals surface area contributed by atoms with Gasteiger partial charge in [-0.05, 0) is 30.5 Å². The van der Waals surface area contributed by atoms with Gasteiger partial charge in [0.05, 0.1) is 5.54 Å². The Morgan fingerprint density at radius 1 is 1.04 bits per heavy atom. The van der Waals surface area contributed by atoms with Crippen LogP contribution in [-0.4, -0.2) is 26.1 Å². The smallest absolute Gasteiger partial charge is 0.264 e. The molecule has 0 atom stereocenters. The maximum atomic E-state index is 13.0. The second-order valence-corrected chi connectivity index (χ2v) is 7.05. The van der Waals surface area contributed by atoms with Crippen molar-refractivity contribution < 1.29 is 4.79 Å². The molecular formula is C21H21N5O2. The Bertz CT molecular complexity index is 1010. The Balaban J connectivity index is 1.63. The van der Waals surface area contributed by atoms with E-state index in [0.717, 1.165) is 37.7 Å². The van der Waals surface area contributed by atoms with Gasteiger partial charge in [0.25, 0.3) is 11.5 Å². The number of amides is 1. The highest BCUT2D eigenvalue weighted by Crippen LogP contribution is 2.37. The van der Waals surface area contributed by atoms with Crippen molar-refractivity contribution in [2.24, 2.45) is 0 Å². The number of carbonyl (C=O) groups is 1. The molecule has 1 aliphatic carbocycles. The van der Waals surface area contributed by atoms with Gasteiger partial charge in [-0.2, -0.15) is 5.10 Å². The molecule has 1 fully saturated rings. The first-order valence-electron chi connectivity index (χ1n) is 9.43. The molecule has 4 rings (SSSR count). The summed E-state index contributed by atoms with van der Waals surface area (Å²) in [7, 11) is 0. The van der Waals surface area contributed by atoms with E-state index in [4.69, 9.17) is 0 Å². The number of aromatic amines is 1. The molecule has 1 aromatic carbocycles. The number of hydrogen-bond acceptors (Lipinski definition) is 5. The van der Waals surface area contributed by atoms with E-state index < -0.39 is 17.0 Å². The van der Waals surface area contributed by atoms with Crippen LogP contribution in [0.15, 0.2) is 59.7 Å². The van der Waals surface area contributed by atoms with Gasteiger partial charge >= 0.3 is 0 Å². The van der Waals surface area contributed by atoms with Crippen molar-refractivity contribution in [3.63, 3.8) is 0 Å². The summed E-state index contributed by atoms with van der Waals surface area (Å²) >= 11 is 0. The van der Waals surface area contributed by atoms with Crippen LogP contribution in [0.1, 0.15) is 48.0 Å². The minimum Gasteiger partial charge on any atom is -0.342 e. The van der Waals surface area contributed by atoms with Crippen molar-refractivity contribution >= 4 is 5.91 Å². The summed E-state index contributed by atoms with van der Waals surface area (Å²) in [5.74, 6) is -0.129. The minimum atomic E-state index is -0.493. The van der Waals surface area contributed by atoms with Crippen LogP contribution in [0.4, 0.5) is 0 Å². The molecular weight excluding hydrogens is 354 g/mol. The molecule has 1 amide bonds. The van der Waals surface area contributed by atoms with E-state index in [1.54, 1.807) is 12.1 Å². The molecule has 2 aromatic heterocycles. The van der Waals surface area contributed by atoms with Gasteiger partial charge in [-0.15, -0.1) is 5.10 Å². The molecule has 0 spiro atoms. The quantitative estimate of drug-likeness (QED) is 0.730. The van der Waals surface area contributed by atoms with Gasteiger partial charge in [0, 0.05) is 12.4 Å². The summed E-state index contributed by atoms with van der Waals surface area (Å²) in [5.41, 5.74) is 0.566. The van der Waals surface area contributed by atoms with E-state index in [1.165, 1.54) is 12.4 Å². The molecule has 0 aliphatic heterocycles. The van der Waals surface area contributed by atoms with Crippen molar-refractivity contribution in [2.75, 3.05) is 0 Å². The summed E-state index contributed by atoms with van der Waals surface area (Å²) in [6.45, 7) is 0. The van der Waals surface area contributed by atoms with E-state index in [9.17, 15) is 9.59 Å². The first-order valence-corrected chi connectivity index (χ1v) is 9.43. The fraction of sp³-hybridized carbons (Fsp3) is 0.286. The average Bonchev–Trinajstić information content (AvgIpc) is 2.75. The van der Waals surface area contributed by atoms with E-state index in [0.29, 0.717) is 5.69 Å². The molecule has 2 N–H and O–H groups in total. The number of carbonyl (C=O) groups excluding carboxylic acids is 1. The lowest BCUT2D eigenvalue weighted by Crippen LogP contribution is -2.48. The van der Waals surface area contributed by atoms with Crippen molar-refractivity contribution in [3.05, 3.63) is 76.3 Å². The van der Waals surface area contributed by atoms with Gasteiger partial charge in [0.15, 0.2) is 5.82 Å². The molecule has 7 nitrogen and oxygen atoms in total. The van der Waals surface area contributed by atoms with Crippen LogP contribution in [0, 0.1) is 0 Å². The third-order valence-corrected chi connectivity index (χ3v) is 5.25. The zero-order valence-corrected chi connectivity index (χ0v) is 15.4. The molecule has 1 saturated carbocycles. The zero-order chi connectivity index (χ0) is 19.4. The minimum absolute atomic E-state index is 0.00600. The first kappa shape index (κ1) is 18.0. The van der Waals surface area contributed by atoms with E-state index in [2.05, 4.69) is 25.5 Å². The molecule has 28 heavy (non-hydrogen) atoms. The molecule has 1 aliphatic rings. The summed E-state index contributed by atoms with van der Waals surface area (Å²) in [6, 6.07) is 13.4. The van der Waals surface area contributed by atoms with Crippen LogP contribution < -0.4 is 10.9 Å². The number of H-pyrrole nitrogens is 1. The Labute approximate surface area is 162 Å². The highest BCUT2D eigenvalue weighted by Gasteiger charge is 2.36. The fourth-order valence-electron chi connectivity index (χ4n) is 3.80. The number of nitrogens with zero attached hydrogens (tertiary/aromatic N) is 3. The molecule has 0 unspecified atom stereocenters. The maximum Gasteiger partial charge on any atom is 0.264 e. The SMILES string of the molecule is O=C(NC1(c2ccccc2)CCCCC1)c1cnc(-c2cccnn2)[nH]c1=O. The van der Waals surface area contributed by atoms with E-state index in [-0.39, 0.29) is 11.4 Å². The normalized spacial score (nSPS) is 15.7. The number of benzene rings is 1. The predicted octanol–water partition coefficient (Wildman–Crippen LogP) is 2.82. The standard InChI is InChI=1S/C21H21N5O2/c27-19-16(14-22-18(24-19)17-10-7-13-23-26-17)20(28)25-21(11-5-2-6-12-21)15-8-3-1-4-9-15/h1,3-4,7-10,13-14H,2,5-6,11-12H2,(H,25,28)(H,22,24,27). The highest BCUT2D eigenvalue weighted by molar-refractivity contribution is 5.94. The topological polar surface area (TPSA) is 101 Å². The molecule has 0 bridgehead atoms. The van der Waals surface area contributed by atoms with Crippen molar-refractivity contribution in [1.82, 2.24) is 25.5 Å². The second-order valence-electron chi connectivity index (χ2n) is 7.05. The average molecular weight is 375 g/mol.